The molecule has 0 radical (unpaired) electrons. The van der Waals surface area contributed by atoms with Gasteiger partial charge in [-0.1, -0.05) is 0 Å². The molecule has 2 heterocycles. The van der Waals surface area contributed by atoms with Crippen LogP contribution in [0.4, 0.5) is 5.69 Å². The molecule has 3 rings (SSSR count). The highest BCUT2D eigenvalue weighted by Gasteiger charge is 2.11. The second-order valence-corrected chi connectivity index (χ2v) is 4.63. The molecule has 0 saturated heterocycles. The van der Waals surface area contributed by atoms with Crippen LogP contribution in [0.1, 0.15) is 5.56 Å². The van der Waals surface area contributed by atoms with E-state index in [0.29, 0.717) is 0 Å². The number of nitrogens with one attached hydrogen (secondary N) is 1. The second-order valence-electron chi connectivity index (χ2n) is 3.82. The van der Waals surface area contributed by atoms with Crippen LogP contribution >= 0.6 is 11.5 Å². The van der Waals surface area contributed by atoms with Crippen LogP contribution in [0, 0.1) is 6.92 Å². The van der Waals surface area contributed by atoms with Gasteiger partial charge in [0.15, 0.2) is 0 Å². The molecule has 2 aromatic heterocycles. The molecule has 0 amide bonds. The van der Waals surface area contributed by atoms with Crippen molar-refractivity contribution in [1.82, 2.24) is 9.36 Å². The molecule has 3 aromatic rings. The van der Waals surface area contributed by atoms with Crippen LogP contribution in [0.2, 0.25) is 0 Å². The summed E-state index contributed by atoms with van der Waals surface area (Å²) in [6, 6.07) is 7.96. The first-order valence-electron chi connectivity index (χ1n) is 5.05. The fourth-order valence-corrected chi connectivity index (χ4v) is 2.60. The molecule has 0 atom stereocenters. The summed E-state index contributed by atoms with van der Waals surface area (Å²) in [6.45, 7) is 2.07. The van der Waals surface area contributed by atoms with Gasteiger partial charge in [-0.05, 0) is 48.3 Å². The molecule has 0 aliphatic carbocycles. The fraction of sp³-hybridized carbons (Fsp3) is 0.0833. The van der Waals surface area contributed by atoms with Gasteiger partial charge in [0, 0.05) is 17.3 Å². The lowest BCUT2D eigenvalue weighted by molar-refractivity contribution is 1.35. The number of nitrogen functional groups attached to an aromatic ring is 1. The summed E-state index contributed by atoms with van der Waals surface area (Å²) in [7, 11) is 0. The van der Waals surface area contributed by atoms with Gasteiger partial charge in [-0.3, -0.25) is 0 Å². The first kappa shape index (κ1) is 9.42. The molecular formula is C12H11N3S. The summed E-state index contributed by atoms with van der Waals surface area (Å²) < 4.78 is 5.66. The predicted octanol–water partition coefficient (Wildman–Crippen LogP) is 3.18. The van der Waals surface area contributed by atoms with Gasteiger partial charge >= 0.3 is 0 Å². The highest BCUT2D eigenvalue weighted by Crippen LogP contribution is 2.32. The van der Waals surface area contributed by atoms with E-state index < -0.39 is 0 Å². The number of hydrogen-bond acceptors (Lipinski definition) is 3. The highest BCUT2D eigenvalue weighted by atomic mass is 32.1. The van der Waals surface area contributed by atoms with E-state index in [1.54, 1.807) is 0 Å². The van der Waals surface area contributed by atoms with Crippen molar-refractivity contribution in [2.24, 2.45) is 0 Å². The zero-order valence-corrected chi connectivity index (χ0v) is 9.64. The smallest absolute Gasteiger partial charge is 0.108 e. The molecule has 0 unspecified atom stereocenters. The van der Waals surface area contributed by atoms with Gasteiger partial charge in [0.1, 0.15) is 5.69 Å². The largest absolute Gasteiger partial charge is 0.399 e. The van der Waals surface area contributed by atoms with Crippen molar-refractivity contribution in [1.29, 1.82) is 0 Å². The Morgan fingerprint density at radius 2 is 2.19 bits per heavy atom. The standard InChI is InChI=1S/C12H11N3S/c1-7-4-5-14-11(7)12-9-6-8(13)2-3-10(9)16-15-12/h2-6,14H,13H2,1H3. The van der Waals surface area contributed by atoms with Crippen LogP contribution in [0.3, 0.4) is 0 Å². The average Bonchev–Trinajstić information content (AvgIpc) is 2.83. The quantitative estimate of drug-likeness (QED) is 0.630. The van der Waals surface area contributed by atoms with E-state index in [9.17, 15) is 0 Å². The van der Waals surface area contributed by atoms with Gasteiger partial charge in [-0.2, -0.15) is 4.37 Å². The number of H-pyrrole nitrogens is 1. The van der Waals surface area contributed by atoms with E-state index in [1.807, 2.05) is 30.5 Å². The van der Waals surface area contributed by atoms with Crippen molar-refractivity contribution in [2.75, 3.05) is 5.73 Å². The number of aromatic nitrogens is 2. The maximum absolute atomic E-state index is 5.81. The first-order valence-corrected chi connectivity index (χ1v) is 5.82. The second kappa shape index (κ2) is 3.35. The molecule has 0 saturated carbocycles. The molecule has 0 fully saturated rings. The maximum atomic E-state index is 5.81. The summed E-state index contributed by atoms with van der Waals surface area (Å²) in [4.78, 5) is 3.22. The number of rotatable bonds is 1. The van der Waals surface area contributed by atoms with Gasteiger partial charge in [-0.25, -0.2) is 0 Å². The Kier molecular flexibility index (Phi) is 1.97. The van der Waals surface area contributed by atoms with Crippen LogP contribution < -0.4 is 5.73 Å². The van der Waals surface area contributed by atoms with E-state index >= 15 is 0 Å². The van der Waals surface area contributed by atoms with Crippen LogP contribution in [0.15, 0.2) is 30.5 Å². The molecule has 0 bridgehead atoms. The summed E-state index contributed by atoms with van der Waals surface area (Å²) in [6.07, 6.45) is 1.93. The fourth-order valence-electron chi connectivity index (χ4n) is 1.84. The molecular weight excluding hydrogens is 218 g/mol. The minimum Gasteiger partial charge on any atom is -0.399 e. The van der Waals surface area contributed by atoms with E-state index in [1.165, 1.54) is 21.8 Å². The molecule has 4 heteroatoms. The molecule has 3 nitrogen and oxygen atoms in total. The SMILES string of the molecule is Cc1cc[nH]c1-c1nsc2ccc(N)cc12. The lowest BCUT2D eigenvalue weighted by Crippen LogP contribution is -1.84. The van der Waals surface area contributed by atoms with Crippen molar-refractivity contribution in [3.05, 3.63) is 36.0 Å². The number of nitrogens with zero attached hydrogens (tertiary/aromatic N) is 1. The molecule has 0 aliphatic rings. The van der Waals surface area contributed by atoms with Gasteiger partial charge < -0.3 is 10.7 Å². The summed E-state index contributed by atoms with van der Waals surface area (Å²) >= 11 is 1.50. The van der Waals surface area contributed by atoms with Gasteiger partial charge in [-0.15, -0.1) is 0 Å². The Morgan fingerprint density at radius 3 is 2.94 bits per heavy atom. The Bertz CT molecular complexity index is 651. The average molecular weight is 229 g/mol. The molecule has 0 aliphatic heterocycles. The van der Waals surface area contributed by atoms with E-state index in [2.05, 4.69) is 16.3 Å². The highest BCUT2D eigenvalue weighted by molar-refractivity contribution is 7.13. The van der Waals surface area contributed by atoms with Gasteiger partial charge in [0.25, 0.3) is 0 Å². The molecule has 3 N–H and O–H groups in total. The van der Waals surface area contributed by atoms with Crippen LogP contribution in [0.25, 0.3) is 21.5 Å². The van der Waals surface area contributed by atoms with E-state index in [-0.39, 0.29) is 0 Å². The van der Waals surface area contributed by atoms with Crippen molar-refractivity contribution < 1.29 is 0 Å². The summed E-state index contributed by atoms with van der Waals surface area (Å²) in [5, 5.41) is 1.12. The van der Waals surface area contributed by atoms with Crippen molar-refractivity contribution in [3.8, 4) is 11.4 Å². The minimum absolute atomic E-state index is 0.776. The maximum Gasteiger partial charge on any atom is 0.108 e. The monoisotopic (exact) mass is 229 g/mol. The molecule has 16 heavy (non-hydrogen) atoms. The summed E-state index contributed by atoms with van der Waals surface area (Å²) in [5.74, 6) is 0. The molecule has 80 valence electrons. The zero-order valence-electron chi connectivity index (χ0n) is 8.82. The number of hydrogen-bond donors (Lipinski definition) is 2. The Balaban J connectivity index is 2.32. The van der Waals surface area contributed by atoms with Crippen LogP contribution in [-0.4, -0.2) is 9.36 Å². The molecule has 0 spiro atoms. The number of aromatic amines is 1. The van der Waals surface area contributed by atoms with Gasteiger partial charge in [0.2, 0.25) is 0 Å². The third-order valence-electron chi connectivity index (χ3n) is 2.69. The first-order chi connectivity index (χ1) is 7.75. The van der Waals surface area contributed by atoms with Crippen LogP contribution in [0.5, 0.6) is 0 Å². The number of aryl methyl sites for hydroxylation is 1. The Labute approximate surface area is 97.1 Å². The van der Waals surface area contributed by atoms with Crippen molar-refractivity contribution >= 4 is 27.3 Å². The number of nitrogens with two attached hydrogens (primary N) is 1. The van der Waals surface area contributed by atoms with Crippen LogP contribution in [-0.2, 0) is 0 Å². The Hall–Kier alpha value is -1.81. The van der Waals surface area contributed by atoms with E-state index in [0.717, 1.165) is 22.5 Å². The normalized spacial score (nSPS) is 11.1. The number of benzene rings is 1. The lowest BCUT2D eigenvalue weighted by atomic mass is 10.1. The van der Waals surface area contributed by atoms with E-state index in [4.69, 9.17) is 5.73 Å². The number of fused-ring (bicyclic) bond motifs is 1. The topological polar surface area (TPSA) is 54.7 Å². The Morgan fingerprint density at radius 1 is 1.31 bits per heavy atom. The zero-order chi connectivity index (χ0) is 11.1. The molecule has 1 aromatic carbocycles. The number of anilines is 1. The predicted molar refractivity (Wildman–Crippen MR) is 68.6 cm³/mol. The summed E-state index contributed by atoms with van der Waals surface area (Å²) in [5.41, 5.74) is 9.87. The third-order valence-corrected chi connectivity index (χ3v) is 3.51. The minimum atomic E-state index is 0.776. The van der Waals surface area contributed by atoms with Crippen molar-refractivity contribution in [3.63, 3.8) is 0 Å². The third kappa shape index (κ3) is 1.31. The lowest BCUT2D eigenvalue weighted by Gasteiger charge is -1.98. The van der Waals surface area contributed by atoms with Gasteiger partial charge in [0.05, 0.1) is 10.4 Å². The van der Waals surface area contributed by atoms with Crippen molar-refractivity contribution in [2.45, 2.75) is 6.92 Å².